The molecule has 0 fully saturated rings. The molecule has 2 heterocycles. The predicted octanol–water partition coefficient (Wildman–Crippen LogP) is 3.69. The van der Waals surface area contributed by atoms with E-state index in [1.807, 2.05) is 6.07 Å². The molecule has 116 valence electrons. The average Bonchev–Trinajstić information content (AvgIpc) is 2.54. The molecule has 0 bridgehead atoms. The molecule has 1 aromatic heterocycles. The van der Waals surface area contributed by atoms with Gasteiger partial charge in [-0.25, -0.2) is 4.98 Å². The van der Waals surface area contributed by atoms with Gasteiger partial charge in [0.05, 0.1) is 0 Å². The molecule has 22 heavy (non-hydrogen) atoms. The number of anilines is 2. The molecule has 0 radical (unpaired) electrons. The fourth-order valence-corrected chi connectivity index (χ4v) is 2.98. The molecular weight excluding hydrogens is 296 g/mol. The molecule has 0 saturated heterocycles. The summed E-state index contributed by atoms with van der Waals surface area (Å²) in [6.07, 6.45) is 1.91. The van der Waals surface area contributed by atoms with E-state index in [0.717, 1.165) is 55.0 Å². The van der Waals surface area contributed by atoms with E-state index >= 15 is 0 Å². The van der Waals surface area contributed by atoms with E-state index in [9.17, 15) is 0 Å². The third kappa shape index (κ3) is 3.17. The second-order valence-electron chi connectivity index (χ2n) is 5.51. The van der Waals surface area contributed by atoms with Gasteiger partial charge in [0, 0.05) is 36.4 Å². The summed E-state index contributed by atoms with van der Waals surface area (Å²) >= 11 is 6.08. The first-order chi connectivity index (χ1) is 10.7. The summed E-state index contributed by atoms with van der Waals surface area (Å²) < 4.78 is 0. The minimum atomic E-state index is 0.721. The Kier molecular flexibility index (Phi) is 4.48. The predicted molar refractivity (Wildman–Crippen MR) is 91.8 cm³/mol. The number of nitrogens with zero attached hydrogens (tertiary/aromatic N) is 3. The van der Waals surface area contributed by atoms with Crippen molar-refractivity contribution in [1.29, 1.82) is 0 Å². The van der Waals surface area contributed by atoms with Gasteiger partial charge in [-0.3, -0.25) is 0 Å². The monoisotopic (exact) mass is 316 g/mol. The van der Waals surface area contributed by atoms with Crippen LogP contribution in [0.4, 0.5) is 11.8 Å². The third-order valence-electron chi connectivity index (χ3n) is 3.97. The first-order valence-corrected chi connectivity index (χ1v) is 8.21. The lowest BCUT2D eigenvalue weighted by Gasteiger charge is -2.30. The topological polar surface area (TPSA) is 41.1 Å². The van der Waals surface area contributed by atoms with Crippen LogP contribution in [0.1, 0.15) is 30.7 Å². The minimum Gasteiger partial charge on any atom is -0.354 e. The van der Waals surface area contributed by atoms with Gasteiger partial charge in [-0.1, -0.05) is 24.6 Å². The maximum Gasteiger partial charge on any atom is 0.224 e. The number of hydrogen-bond donors (Lipinski definition) is 1. The molecule has 0 spiro atoms. The average molecular weight is 317 g/mol. The molecule has 1 aromatic carbocycles. The molecule has 0 unspecified atom stereocenters. The second-order valence-corrected chi connectivity index (χ2v) is 5.95. The van der Waals surface area contributed by atoms with Gasteiger partial charge in [0.1, 0.15) is 5.82 Å². The fourth-order valence-electron chi connectivity index (χ4n) is 2.78. The van der Waals surface area contributed by atoms with Crippen LogP contribution in [-0.4, -0.2) is 23.1 Å². The summed E-state index contributed by atoms with van der Waals surface area (Å²) in [7, 11) is 0. The zero-order valence-electron chi connectivity index (χ0n) is 13.1. The maximum absolute atomic E-state index is 6.08. The van der Waals surface area contributed by atoms with E-state index < -0.39 is 0 Å². The van der Waals surface area contributed by atoms with Crippen LogP contribution in [0, 0.1) is 0 Å². The SMILES string of the molecule is CCNc1nc(CC)cc(N2CCc3cc(Cl)ccc3C2)n1. The summed E-state index contributed by atoms with van der Waals surface area (Å²) in [6, 6.07) is 8.26. The minimum absolute atomic E-state index is 0.721. The molecule has 3 rings (SSSR count). The highest BCUT2D eigenvalue weighted by molar-refractivity contribution is 6.30. The molecular formula is C17H21ClN4. The number of fused-ring (bicyclic) bond motifs is 1. The Morgan fingerprint density at radius 3 is 2.82 bits per heavy atom. The molecule has 0 amide bonds. The van der Waals surface area contributed by atoms with Crippen LogP contribution in [0.25, 0.3) is 0 Å². The van der Waals surface area contributed by atoms with Crippen LogP contribution in [-0.2, 0) is 19.4 Å². The Morgan fingerprint density at radius 1 is 1.18 bits per heavy atom. The highest BCUT2D eigenvalue weighted by atomic mass is 35.5. The second kappa shape index (κ2) is 6.53. The lowest BCUT2D eigenvalue weighted by Crippen LogP contribution is -2.31. The third-order valence-corrected chi connectivity index (χ3v) is 4.20. The molecule has 0 saturated carbocycles. The zero-order valence-corrected chi connectivity index (χ0v) is 13.8. The van der Waals surface area contributed by atoms with E-state index in [2.05, 4.69) is 52.2 Å². The molecule has 1 aliphatic heterocycles. The van der Waals surface area contributed by atoms with Crippen LogP contribution in [0.15, 0.2) is 24.3 Å². The molecule has 1 N–H and O–H groups in total. The lowest BCUT2D eigenvalue weighted by molar-refractivity contribution is 0.718. The number of aromatic nitrogens is 2. The Labute approximate surface area is 136 Å². The summed E-state index contributed by atoms with van der Waals surface area (Å²) in [5.41, 5.74) is 3.75. The zero-order chi connectivity index (χ0) is 15.5. The van der Waals surface area contributed by atoms with E-state index in [1.54, 1.807) is 0 Å². The number of halogens is 1. The van der Waals surface area contributed by atoms with Crippen molar-refractivity contribution in [2.45, 2.75) is 33.2 Å². The van der Waals surface area contributed by atoms with Gasteiger partial charge in [-0.15, -0.1) is 0 Å². The van der Waals surface area contributed by atoms with Crippen molar-refractivity contribution in [1.82, 2.24) is 9.97 Å². The number of aryl methyl sites for hydroxylation is 1. The first kappa shape index (κ1) is 15.1. The number of rotatable bonds is 4. The standard InChI is InChI=1S/C17H21ClN4/c1-3-15-10-16(21-17(20-15)19-4-2)22-8-7-12-9-14(18)6-5-13(12)11-22/h5-6,9-10H,3-4,7-8,11H2,1-2H3,(H,19,20,21). The lowest BCUT2D eigenvalue weighted by atomic mass is 10.00. The highest BCUT2D eigenvalue weighted by Crippen LogP contribution is 2.26. The van der Waals surface area contributed by atoms with Gasteiger partial charge in [0.25, 0.3) is 0 Å². The summed E-state index contributed by atoms with van der Waals surface area (Å²) in [6.45, 7) is 6.84. The van der Waals surface area contributed by atoms with Gasteiger partial charge in [-0.05, 0) is 43.0 Å². The Bertz CT molecular complexity index is 672. The molecule has 0 atom stereocenters. The van der Waals surface area contributed by atoms with Crippen LogP contribution in [0.2, 0.25) is 5.02 Å². The smallest absolute Gasteiger partial charge is 0.224 e. The van der Waals surface area contributed by atoms with Crippen LogP contribution >= 0.6 is 11.6 Å². The van der Waals surface area contributed by atoms with E-state index in [4.69, 9.17) is 11.6 Å². The van der Waals surface area contributed by atoms with Crippen LogP contribution in [0.3, 0.4) is 0 Å². The van der Waals surface area contributed by atoms with E-state index in [-0.39, 0.29) is 0 Å². The van der Waals surface area contributed by atoms with Gasteiger partial charge in [0.15, 0.2) is 0 Å². The van der Waals surface area contributed by atoms with Crippen molar-refractivity contribution in [3.8, 4) is 0 Å². The van der Waals surface area contributed by atoms with Crippen molar-refractivity contribution in [3.05, 3.63) is 46.1 Å². The summed E-state index contributed by atoms with van der Waals surface area (Å²) in [4.78, 5) is 11.5. The van der Waals surface area contributed by atoms with Crippen molar-refractivity contribution in [3.63, 3.8) is 0 Å². The van der Waals surface area contributed by atoms with Gasteiger partial charge >= 0.3 is 0 Å². The molecule has 2 aromatic rings. The maximum atomic E-state index is 6.08. The quantitative estimate of drug-likeness (QED) is 0.934. The Balaban J connectivity index is 1.88. The summed E-state index contributed by atoms with van der Waals surface area (Å²) in [5, 5.41) is 4.04. The Morgan fingerprint density at radius 2 is 2.05 bits per heavy atom. The summed E-state index contributed by atoms with van der Waals surface area (Å²) in [5.74, 6) is 1.72. The van der Waals surface area contributed by atoms with Gasteiger partial charge < -0.3 is 10.2 Å². The Hall–Kier alpha value is -1.81. The molecule has 5 heteroatoms. The number of benzene rings is 1. The van der Waals surface area contributed by atoms with Crippen molar-refractivity contribution in [2.24, 2.45) is 0 Å². The highest BCUT2D eigenvalue weighted by Gasteiger charge is 2.18. The van der Waals surface area contributed by atoms with Crippen molar-refractivity contribution < 1.29 is 0 Å². The van der Waals surface area contributed by atoms with E-state index in [0.29, 0.717) is 0 Å². The molecule has 1 aliphatic rings. The fraction of sp³-hybridized carbons (Fsp3) is 0.412. The van der Waals surface area contributed by atoms with E-state index in [1.165, 1.54) is 11.1 Å². The van der Waals surface area contributed by atoms with Crippen LogP contribution in [0.5, 0.6) is 0 Å². The van der Waals surface area contributed by atoms with Gasteiger partial charge in [-0.2, -0.15) is 4.98 Å². The largest absolute Gasteiger partial charge is 0.354 e. The molecule has 0 aliphatic carbocycles. The first-order valence-electron chi connectivity index (χ1n) is 7.83. The number of nitrogens with one attached hydrogen (secondary N) is 1. The van der Waals surface area contributed by atoms with Crippen molar-refractivity contribution in [2.75, 3.05) is 23.3 Å². The van der Waals surface area contributed by atoms with Crippen LogP contribution < -0.4 is 10.2 Å². The van der Waals surface area contributed by atoms with Gasteiger partial charge in [0.2, 0.25) is 5.95 Å². The normalized spacial score (nSPS) is 13.9. The van der Waals surface area contributed by atoms with Crippen molar-refractivity contribution >= 4 is 23.4 Å². The molecule has 4 nitrogen and oxygen atoms in total. The number of hydrogen-bond acceptors (Lipinski definition) is 4.